The molecule has 0 atom stereocenters. The van der Waals surface area contributed by atoms with E-state index in [-0.39, 0.29) is 0 Å². The average molecular weight is 191 g/mol. The maximum absolute atomic E-state index is 4.08. The van der Waals surface area contributed by atoms with Crippen molar-refractivity contribution >= 4 is 17.0 Å². The number of nitrogens with zero attached hydrogens (tertiary/aromatic N) is 1. The van der Waals surface area contributed by atoms with Crippen molar-refractivity contribution in [2.75, 3.05) is 11.9 Å². The lowest BCUT2D eigenvalue weighted by molar-refractivity contribution is 1.03. The van der Waals surface area contributed by atoms with E-state index in [1.165, 1.54) is 21.8 Å². The van der Waals surface area contributed by atoms with E-state index < -0.39 is 0 Å². The summed E-state index contributed by atoms with van der Waals surface area (Å²) >= 11 is 1.75. The molecule has 0 fully saturated rings. The summed E-state index contributed by atoms with van der Waals surface area (Å²) in [7, 11) is 0. The van der Waals surface area contributed by atoms with Gasteiger partial charge in [0.05, 0.1) is 22.5 Å². The largest absolute Gasteiger partial charge is 0.383 e. The van der Waals surface area contributed by atoms with E-state index in [9.17, 15) is 0 Å². The molecule has 2 aromatic rings. The topological polar surface area (TPSA) is 40.7 Å². The molecular weight excluding hydrogens is 182 g/mol. The highest BCUT2D eigenvalue weighted by Crippen LogP contribution is 2.36. The van der Waals surface area contributed by atoms with Crippen LogP contribution in [0.25, 0.3) is 10.6 Å². The third kappa shape index (κ3) is 0.986. The number of aromatic nitrogens is 2. The molecule has 3 heterocycles. The minimum atomic E-state index is 0.996. The van der Waals surface area contributed by atoms with Crippen molar-refractivity contribution in [3.8, 4) is 10.6 Å². The second-order valence-corrected chi connectivity index (χ2v) is 4.03. The van der Waals surface area contributed by atoms with Crippen molar-refractivity contribution in [3.05, 3.63) is 23.2 Å². The molecule has 13 heavy (non-hydrogen) atoms. The second-order valence-electron chi connectivity index (χ2n) is 3.11. The minimum Gasteiger partial charge on any atom is -0.383 e. The normalized spacial score (nSPS) is 14.2. The Morgan fingerprint density at radius 3 is 3.46 bits per heavy atom. The van der Waals surface area contributed by atoms with Crippen LogP contribution >= 0.6 is 11.3 Å². The van der Waals surface area contributed by atoms with Crippen LogP contribution in [0.3, 0.4) is 0 Å². The Kier molecular flexibility index (Phi) is 1.43. The smallest absolute Gasteiger partial charge is 0.0803 e. The van der Waals surface area contributed by atoms with Gasteiger partial charge in [0.15, 0.2) is 0 Å². The van der Waals surface area contributed by atoms with E-state index in [1.807, 2.05) is 6.20 Å². The Morgan fingerprint density at radius 1 is 1.46 bits per heavy atom. The predicted molar refractivity (Wildman–Crippen MR) is 54.1 cm³/mol. The first-order valence-corrected chi connectivity index (χ1v) is 5.17. The summed E-state index contributed by atoms with van der Waals surface area (Å²) in [6.07, 6.45) is 2.97. The van der Waals surface area contributed by atoms with Crippen LogP contribution in [0.2, 0.25) is 0 Å². The number of hydrogen-bond acceptors (Lipinski definition) is 3. The van der Waals surface area contributed by atoms with Crippen LogP contribution in [0.4, 0.5) is 5.69 Å². The van der Waals surface area contributed by atoms with Crippen molar-refractivity contribution in [1.29, 1.82) is 0 Å². The van der Waals surface area contributed by atoms with Gasteiger partial charge in [-0.05, 0) is 17.9 Å². The zero-order valence-electron chi connectivity index (χ0n) is 7.00. The van der Waals surface area contributed by atoms with Gasteiger partial charge in [-0.2, -0.15) is 5.10 Å². The molecular formula is C9H9N3S. The van der Waals surface area contributed by atoms with Crippen molar-refractivity contribution in [3.63, 3.8) is 0 Å². The van der Waals surface area contributed by atoms with Gasteiger partial charge in [0.1, 0.15) is 0 Å². The van der Waals surface area contributed by atoms with Crippen molar-refractivity contribution in [1.82, 2.24) is 10.2 Å². The van der Waals surface area contributed by atoms with E-state index in [2.05, 4.69) is 27.0 Å². The van der Waals surface area contributed by atoms with Gasteiger partial charge in [0.25, 0.3) is 0 Å². The summed E-state index contributed by atoms with van der Waals surface area (Å²) in [6.45, 7) is 0.996. The fraction of sp³-hybridized carbons (Fsp3) is 0.222. The van der Waals surface area contributed by atoms with Crippen LogP contribution < -0.4 is 5.32 Å². The van der Waals surface area contributed by atoms with Gasteiger partial charge in [0.2, 0.25) is 0 Å². The van der Waals surface area contributed by atoms with E-state index in [4.69, 9.17) is 0 Å². The molecule has 0 aliphatic carbocycles. The van der Waals surface area contributed by atoms with E-state index in [1.54, 1.807) is 11.3 Å². The molecule has 66 valence electrons. The zero-order chi connectivity index (χ0) is 8.67. The van der Waals surface area contributed by atoms with Gasteiger partial charge in [-0.15, -0.1) is 11.3 Å². The number of fused-ring (bicyclic) bond motifs is 3. The van der Waals surface area contributed by atoms with Gasteiger partial charge in [-0.3, -0.25) is 5.10 Å². The Labute approximate surface area is 79.8 Å². The molecule has 0 bridgehead atoms. The molecule has 1 aliphatic rings. The molecule has 2 aromatic heterocycles. The lowest BCUT2D eigenvalue weighted by Crippen LogP contribution is -2.01. The predicted octanol–water partition coefficient (Wildman–Crippen LogP) is 2.11. The van der Waals surface area contributed by atoms with E-state index in [0.29, 0.717) is 0 Å². The highest BCUT2D eigenvalue weighted by atomic mass is 32.1. The number of anilines is 1. The number of aromatic amines is 1. The number of nitrogens with one attached hydrogen (secondary N) is 2. The maximum atomic E-state index is 4.08. The third-order valence-corrected chi connectivity index (χ3v) is 3.25. The van der Waals surface area contributed by atoms with Crippen molar-refractivity contribution in [2.24, 2.45) is 0 Å². The number of hydrogen-bond donors (Lipinski definition) is 2. The monoisotopic (exact) mass is 191 g/mol. The Bertz CT molecular complexity index is 389. The Hall–Kier alpha value is -1.29. The molecule has 3 rings (SSSR count). The quantitative estimate of drug-likeness (QED) is 0.669. The fourth-order valence-corrected chi connectivity index (χ4v) is 2.57. The van der Waals surface area contributed by atoms with E-state index >= 15 is 0 Å². The van der Waals surface area contributed by atoms with E-state index in [0.717, 1.165) is 13.0 Å². The average Bonchev–Trinajstić information content (AvgIpc) is 2.72. The number of H-pyrrole nitrogens is 1. The maximum Gasteiger partial charge on any atom is 0.0803 e. The standard InChI is InChI=1S/C9H9N3S/c1-3-10-7-2-4-13-9(7)8-6(1)5-11-12-8/h2,4-5,10H,1,3H2,(H,11,12). The zero-order valence-corrected chi connectivity index (χ0v) is 7.82. The van der Waals surface area contributed by atoms with Gasteiger partial charge in [0, 0.05) is 12.1 Å². The first-order valence-electron chi connectivity index (χ1n) is 4.29. The summed E-state index contributed by atoms with van der Waals surface area (Å²) in [5, 5.41) is 12.6. The highest BCUT2D eigenvalue weighted by molar-refractivity contribution is 7.14. The van der Waals surface area contributed by atoms with Crippen LogP contribution in [0, 0.1) is 0 Å². The van der Waals surface area contributed by atoms with Crippen LogP contribution in [-0.4, -0.2) is 16.7 Å². The van der Waals surface area contributed by atoms with Gasteiger partial charge in [-0.1, -0.05) is 0 Å². The molecule has 1 aliphatic heterocycles. The first-order chi connectivity index (χ1) is 6.45. The molecule has 0 spiro atoms. The summed E-state index contributed by atoms with van der Waals surface area (Å²) in [5.41, 5.74) is 3.73. The molecule has 0 saturated heterocycles. The molecule has 3 nitrogen and oxygen atoms in total. The SMILES string of the molecule is c1cc2c(s1)-c1[nH]ncc1CCN2. The van der Waals surface area contributed by atoms with Gasteiger partial charge >= 0.3 is 0 Å². The molecule has 0 unspecified atom stereocenters. The van der Waals surface area contributed by atoms with Gasteiger partial charge < -0.3 is 5.32 Å². The second kappa shape index (κ2) is 2.60. The van der Waals surface area contributed by atoms with Crippen LogP contribution in [0.1, 0.15) is 5.56 Å². The summed E-state index contributed by atoms with van der Waals surface area (Å²) in [5.74, 6) is 0. The fourth-order valence-electron chi connectivity index (χ4n) is 1.67. The molecule has 0 amide bonds. The summed E-state index contributed by atoms with van der Waals surface area (Å²) < 4.78 is 0. The molecule has 2 N–H and O–H groups in total. The molecule has 0 radical (unpaired) electrons. The third-order valence-electron chi connectivity index (χ3n) is 2.32. The van der Waals surface area contributed by atoms with Gasteiger partial charge in [-0.25, -0.2) is 0 Å². The lowest BCUT2D eigenvalue weighted by atomic mass is 10.2. The highest BCUT2D eigenvalue weighted by Gasteiger charge is 2.16. The summed E-state index contributed by atoms with van der Waals surface area (Å²) in [6, 6.07) is 2.12. The number of rotatable bonds is 0. The van der Waals surface area contributed by atoms with Crippen LogP contribution in [0.5, 0.6) is 0 Å². The van der Waals surface area contributed by atoms with Crippen LogP contribution in [-0.2, 0) is 6.42 Å². The Morgan fingerprint density at radius 2 is 2.46 bits per heavy atom. The lowest BCUT2D eigenvalue weighted by Gasteiger charge is -1.99. The van der Waals surface area contributed by atoms with Crippen molar-refractivity contribution in [2.45, 2.75) is 6.42 Å². The van der Waals surface area contributed by atoms with Crippen LogP contribution in [0.15, 0.2) is 17.6 Å². The first kappa shape index (κ1) is 7.15. The minimum absolute atomic E-state index is 0.996. The van der Waals surface area contributed by atoms with Crippen molar-refractivity contribution < 1.29 is 0 Å². The number of thiophene rings is 1. The molecule has 0 aromatic carbocycles. The Balaban J connectivity index is 2.27. The molecule has 0 saturated carbocycles. The molecule has 4 heteroatoms. The summed E-state index contributed by atoms with van der Waals surface area (Å²) in [4.78, 5) is 1.28.